The van der Waals surface area contributed by atoms with Gasteiger partial charge in [-0.05, 0) is 48.7 Å². The van der Waals surface area contributed by atoms with Gasteiger partial charge in [0, 0.05) is 30.1 Å². The van der Waals surface area contributed by atoms with Gasteiger partial charge in [-0.2, -0.15) is 0 Å². The smallest absolute Gasteiger partial charge is 0.253 e. The average Bonchev–Trinajstić information content (AvgIpc) is 2.85. The molecule has 0 radical (unpaired) electrons. The number of nitrogens with one attached hydrogen (secondary N) is 1. The van der Waals surface area contributed by atoms with E-state index in [-0.39, 0.29) is 17.7 Å². The van der Waals surface area contributed by atoms with E-state index in [1.165, 1.54) is 0 Å². The summed E-state index contributed by atoms with van der Waals surface area (Å²) in [6, 6.07) is 22.6. The standard InChI is InChI=1S/C26H25ClN2O3/c1-32-24-9-5-2-6-21(24)18-10-12-20(13-11-18)26(31)29-16-14-19(15-17-29)25(30)28-23-8-4-3-7-22(23)27/h2-13,19H,14-17H2,1H3,(H,28,30). The van der Waals surface area contributed by atoms with E-state index in [1.807, 2.05) is 65.6 Å². The van der Waals surface area contributed by atoms with Gasteiger partial charge in [-0.1, -0.05) is 54.1 Å². The van der Waals surface area contributed by atoms with Crippen molar-refractivity contribution in [2.24, 2.45) is 5.92 Å². The van der Waals surface area contributed by atoms with Crippen LogP contribution in [0.25, 0.3) is 11.1 Å². The molecule has 0 spiro atoms. The quantitative estimate of drug-likeness (QED) is 0.560. The van der Waals surface area contributed by atoms with Crippen molar-refractivity contribution in [3.63, 3.8) is 0 Å². The average molecular weight is 449 g/mol. The number of carbonyl (C=O) groups excluding carboxylic acids is 2. The Hall–Kier alpha value is -3.31. The summed E-state index contributed by atoms with van der Waals surface area (Å²) in [5.74, 6) is 0.597. The molecule has 6 heteroatoms. The number of ether oxygens (including phenoxy) is 1. The van der Waals surface area contributed by atoms with Crippen molar-refractivity contribution in [1.29, 1.82) is 0 Å². The fourth-order valence-electron chi connectivity index (χ4n) is 4.00. The molecule has 1 saturated heterocycles. The van der Waals surface area contributed by atoms with Crippen LogP contribution in [0.3, 0.4) is 0 Å². The summed E-state index contributed by atoms with van der Waals surface area (Å²) in [4.78, 5) is 27.4. The lowest BCUT2D eigenvalue weighted by atomic mass is 9.95. The summed E-state index contributed by atoms with van der Waals surface area (Å²) >= 11 is 6.13. The number of likely N-dealkylation sites (tertiary alicyclic amines) is 1. The van der Waals surface area contributed by atoms with Gasteiger partial charge in [0.2, 0.25) is 5.91 Å². The van der Waals surface area contributed by atoms with Gasteiger partial charge in [0.25, 0.3) is 5.91 Å². The second-order valence-corrected chi connectivity index (χ2v) is 8.22. The molecule has 4 rings (SSSR count). The first kappa shape index (κ1) is 21.9. The van der Waals surface area contributed by atoms with E-state index in [2.05, 4.69) is 5.32 Å². The van der Waals surface area contributed by atoms with Gasteiger partial charge in [0.05, 0.1) is 17.8 Å². The Balaban J connectivity index is 1.36. The Bertz CT molecular complexity index is 1110. The molecular formula is C26H25ClN2O3. The fraction of sp³-hybridized carbons (Fsp3) is 0.231. The zero-order valence-corrected chi connectivity index (χ0v) is 18.6. The fourth-order valence-corrected chi connectivity index (χ4v) is 4.18. The molecule has 3 aromatic carbocycles. The first-order chi connectivity index (χ1) is 15.6. The van der Waals surface area contributed by atoms with Crippen LogP contribution >= 0.6 is 11.6 Å². The molecular weight excluding hydrogens is 424 g/mol. The molecule has 1 aliphatic heterocycles. The maximum atomic E-state index is 13.0. The molecule has 1 heterocycles. The number of hydrogen-bond donors (Lipinski definition) is 1. The number of carbonyl (C=O) groups is 2. The van der Waals surface area contributed by atoms with Crippen molar-refractivity contribution in [2.75, 3.05) is 25.5 Å². The van der Waals surface area contributed by atoms with Gasteiger partial charge < -0.3 is 15.0 Å². The zero-order chi connectivity index (χ0) is 22.5. The summed E-state index contributed by atoms with van der Waals surface area (Å²) in [5, 5.41) is 3.42. The number of methoxy groups -OCH3 is 1. The third kappa shape index (κ3) is 4.78. The lowest BCUT2D eigenvalue weighted by Crippen LogP contribution is -2.41. The van der Waals surface area contributed by atoms with Crippen molar-refractivity contribution < 1.29 is 14.3 Å². The van der Waals surface area contributed by atoms with Crippen molar-refractivity contribution in [3.8, 4) is 16.9 Å². The number of para-hydroxylation sites is 2. The van der Waals surface area contributed by atoms with E-state index < -0.39 is 0 Å². The van der Waals surface area contributed by atoms with E-state index in [0.717, 1.165) is 16.9 Å². The molecule has 1 N–H and O–H groups in total. The van der Waals surface area contributed by atoms with Crippen LogP contribution in [0.15, 0.2) is 72.8 Å². The van der Waals surface area contributed by atoms with Crippen molar-refractivity contribution in [1.82, 2.24) is 4.90 Å². The molecule has 0 bridgehead atoms. The summed E-state index contributed by atoms with van der Waals surface area (Å²) < 4.78 is 5.43. The van der Waals surface area contributed by atoms with Crippen molar-refractivity contribution in [3.05, 3.63) is 83.4 Å². The number of halogens is 1. The number of hydrogen-bond acceptors (Lipinski definition) is 3. The maximum Gasteiger partial charge on any atom is 0.253 e. The van der Waals surface area contributed by atoms with Gasteiger partial charge in [-0.15, -0.1) is 0 Å². The van der Waals surface area contributed by atoms with Gasteiger partial charge in [0.1, 0.15) is 5.75 Å². The van der Waals surface area contributed by atoms with E-state index in [9.17, 15) is 9.59 Å². The van der Waals surface area contributed by atoms with Crippen LogP contribution in [0.2, 0.25) is 5.02 Å². The highest BCUT2D eigenvalue weighted by Gasteiger charge is 2.28. The van der Waals surface area contributed by atoms with Crippen LogP contribution in [0, 0.1) is 5.92 Å². The molecule has 0 unspecified atom stereocenters. The van der Waals surface area contributed by atoms with E-state index in [1.54, 1.807) is 19.2 Å². The number of benzene rings is 3. The second kappa shape index (κ2) is 9.88. The van der Waals surface area contributed by atoms with E-state index in [4.69, 9.17) is 16.3 Å². The Morgan fingerprint density at radius 3 is 2.28 bits per heavy atom. The van der Waals surface area contributed by atoms with Gasteiger partial charge in [-0.25, -0.2) is 0 Å². The predicted molar refractivity (Wildman–Crippen MR) is 127 cm³/mol. The number of anilines is 1. The second-order valence-electron chi connectivity index (χ2n) is 7.81. The highest BCUT2D eigenvalue weighted by molar-refractivity contribution is 6.33. The third-order valence-corrected chi connectivity index (χ3v) is 6.16. The number of nitrogens with zero attached hydrogens (tertiary/aromatic N) is 1. The van der Waals surface area contributed by atoms with Crippen LogP contribution in [-0.2, 0) is 4.79 Å². The highest BCUT2D eigenvalue weighted by Crippen LogP contribution is 2.30. The van der Waals surface area contributed by atoms with Crippen molar-refractivity contribution in [2.45, 2.75) is 12.8 Å². The van der Waals surface area contributed by atoms with Gasteiger partial charge in [0.15, 0.2) is 0 Å². The van der Waals surface area contributed by atoms with Crippen LogP contribution in [-0.4, -0.2) is 36.9 Å². The molecule has 0 aliphatic carbocycles. The summed E-state index contributed by atoms with van der Waals surface area (Å²) in [6.07, 6.45) is 1.25. The molecule has 5 nitrogen and oxygen atoms in total. The van der Waals surface area contributed by atoms with Crippen LogP contribution in [0.1, 0.15) is 23.2 Å². The predicted octanol–water partition coefficient (Wildman–Crippen LogP) is 5.51. The molecule has 1 fully saturated rings. The first-order valence-electron chi connectivity index (χ1n) is 10.6. The minimum absolute atomic E-state index is 0.0125. The molecule has 32 heavy (non-hydrogen) atoms. The zero-order valence-electron chi connectivity index (χ0n) is 17.9. The Morgan fingerprint density at radius 1 is 0.938 bits per heavy atom. The highest BCUT2D eigenvalue weighted by atomic mass is 35.5. The molecule has 164 valence electrons. The number of piperidine rings is 1. The molecule has 0 saturated carbocycles. The van der Waals surface area contributed by atoms with Crippen LogP contribution in [0.4, 0.5) is 5.69 Å². The van der Waals surface area contributed by atoms with E-state index in [0.29, 0.717) is 42.2 Å². The summed E-state index contributed by atoms with van der Waals surface area (Å²) in [5.41, 5.74) is 3.24. The number of amides is 2. The monoisotopic (exact) mass is 448 g/mol. The van der Waals surface area contributed by atoms with Crippen LogP contribution in [0.5, 0.6) is 5.75 Å². The minimum atomic E-state index is -0.136. The van der Waals surface area contributed by atoms with Gasteiger partial charge >= 0.3 is 0 Å². The Labute approximate surface area is 193 Å². The Morgan fingerprint density at radius 2 is 1.59 bits per heavy atom. The molecule has 0 atom stereocenters. The lowest BCUT2D eigenvalue weighted by Gasteiger charge is -2.31. The summed E-state index contributed by atoms with van der Waals surface area (Å²) in [7, 11) is 1.65. The Kier molecular flexibility index (Phi) is 6.76. The minimum Gasteiger partial charge on any atom is -0.496 e. The molecule has 0 aromatic heterocycles. The molecule has 1 aliphatic rings. The lowest BCUT2D eigenvalue weighted by molar-refractivity contribution is -0.121. The summed E-state index contributed by atoms with van der Waals surface area (Å²) in [6.45, 7) is 1.10. The third-order valence-electron chi connectivity index (χ3n) is 5.83. The maximum absolute atomic E-state index is 13.0. The SMILES string of the molecule is COc1ccccc1-c1ccc(C(=O)N2CCC(C(=O)Nc3ccccc3Cl)CC2)cc1. The first-order valence-corrected chi connectivity index (χ1v) is 11.0. The largest absolute Gasteiger partial charge is 0.496 e. The molecule has 3 aromatic rings. The number of rotatable bonds is 5. The van der Waals surface area contributed by atoms with Crippen LogP contribution < -0.4 is 10.1 Å². The van der Waals surface area contributed by atoms with Crippen molar-refractivity contribution >= 4 is 29.1 Å². The van der Waals surface area contributed by atoms with Gasteiger partial charge in [-0.3, -0.25) is 9.59 Å². The topological polar surface area (TPSA) is 58.6 Å². The molecule has 2 amide bonds. The normalized spacial score (nSPS) is 14.1. The van der Waals surface area contributed by atoms with E-state index >= 15 is 0 Å².